The Hall–Kier alpha value is -0.490. The molecule has 1 unspecified atom stereocenters. The van der Waals surface area contributed by atoms with Crippen molar-refractivity contribution >= 4 is 11.3 Å². The Morgan fingerprint density at radius 1 is 1.69 bits per heavy atom. The van der Waals surface area contributed by atoms with E-state index < -0.39 is 0 Å². The molecule has 1 fully saturated rings. The third kappa shape index (κ3) is 3.52. The van der Waals surface area contributed by atoms with Gasteiger partial charge in [-0.3, -0.25) is 4.90 Å². The van der Waals surface area contributed by atoms with E-state index in [9.17, 15) is 0 Å². The number of aryl methyl sites for hydroxylation is 1. The molecule has 0 bridgehead atoms. The van der Waals surface area contributed by atoms with Crippen LogP contribution in [0.4, 0.5) is 0 Å². The topological polar surface area (TPSA) is 37.4 Å². The van der Waals surface area contributed by atoms with Crippen LogP contribution in [-0.2, 0) is 11.3 Å². The molecule has 0 saturated carbocycles. The van der Waals surface area contributed by atoms with Gasteiger partial charge in [-0.25, -0.2) is 4.98 Å². The van der Waals surface area contributed by atoms with Crippen LogP contribution in [0.15, 0.2) is 5.38 Å². The van der Waals surface area contributed by atoms with Gasteiger partial charge in [0.1, 0.15) is 5.01 Å². The lowest BCUT2D eigenvalue weighted by Gasteiger charge is -2.27. The number of hydrogen-bond acceptors (Lipinski definition) is 5. The van der Waals surface area contributed by atoms with Crippen LogP contribution in [0.5, 0.6) is 0 Å². The molecular formula is C11H19N3OS. The molecule has 2 heterocycles. The maximum Gasteiger partial charge on any atom is 0.107 e. The lowest BCUT2D eigenvalue weighted by molar-refractivity contribution is 0.00884. The number of aromatic nitrogens is 1. The number of morpholine rings is 1. The fraction of sp³-hybridized carbons (Fsp3) is 0.727. The molecule has 1 aliphatic heterocycles. The molecule has 0 aromatic carbocycles. The standard InChI is InChI=1S/C11H19N3OS/c1-9-8-16-11(13-9)7-14(2)6-10-5-12-3-4-15-10/h8,10,12H,3-7H2,1-2H3. The van der Waals surface area contributed by atoms with Gasteiger partial charge >= 0.3 is 0 Å². The maximum atomic E-state index is 5.67. The summed E-state index contributed by atoms with van der Waals surface area (Å²) in [6.45, 7) is 6.68. The van der Waals surface area contributed by atoms with Crippen molar-refractivity contribution in [3.63, 3.8) is 0 Å². The summed E-state index contributed by atoms with van der Waals surface area (Å²) in [4.78, 5) is 6.74. The average molecular weight is 241 g/mol. The van der Waals surface area contributed by atoms with Gasteiger partial charge in [0, 0.05) is 30.7 Å². The first-order chi connectivity index (χ1) is 7.74. The maximum absolute atomic E-state index is 5.67. The summed E-state index contributed by atoms with van der Waals surface area (Å²) >= 11 is 1.73. The molecule has 0 aliphatic carbocycles. The zero-order chi connectivity index (χ0) is 11.4. The van der Waals surface area contributed by atoms with E-state index in [2.05, 4.69) is 27.6 Å². The van der Waals surface area contributed by atoms with Gasteiger partial charge in [-0.15, -0.1) is 11.3 Å². The number of ether oxygens (including phenoxy) is 1. The number of thiazole rings is 1. The molecule has 2 rings (SSSR count). The Bertz CT molecular complexity index is 323. The van der Waals surface area contributed by atoms with Gasteiger partial charge in [0.25, 0.3) is 0 Å². The Kier molecular flexibility index (Phi) is 4.29. The van der Waals surface area contributed by atoms with E-state index in [1.165, 1.54) is 5.01 Å². The zero-order valence-corrected chi connectivity index (χ0v) is 10.7. The van der Waals surface area contributed by atoms with Gasteiger partial charge < -0.3 is 10.1 Å². The molecule has 4 nitrogen and oxygen atoms in total. The van der Waals surface area contributed by atoms with E-state index in [1.54, 1.807) is 11.3 Å². The van der Waals surface area contributed by atoms with Crippen molar-refractivity contribution in [1.82, 2.24) is 15.2 Å². The normalized spacial score (nSPS) is 21.6. The molecular weight excluding hydrogens is 222 g/mol. The third-order valence-corrected chi connectivity index (χ3v) is 3.54. The predicted molar refractivity (Wildman–Crippen MR) is 65.8 cm³/mol. The van der Waals surface area contributed by atoms with Crippen LogP contribution in [0.1, 0.15) is 10.7 Å². The summed E-state index contributed by atoms with van der Waals surface area (Å²) < 4.78 is 5.67. The molecule has 16 heavy (non-hydrogen) atoms. The molecule has 1 aromatic heterocycles. The van der Waals surface area contributed by atoms with Crippen molar-refractivity contribution in [1.29, 1.82) is 0 Å². The molecule has 1 aliphatic rings. The fourth-order valence-electron chi connectivity index (χ4n) is 1.86. The second-order valence-corrected chi connectivity index (χ2v) is 5.22. The Labute approximate surface area is 101 Å². The van der Waals surface area contributed by atoms with Gasteiger partial charge in [-0.05, 0) is 14.0 Å². The largest absolute Gasteiger partial charge is 0.374 e. The van der Waals surface area contributed by atoms with Crippen LogP contribution in [0.2, 0.25) is 0 Å². The predicted octanol–water partition coefficient (Wildman–Crippen LogP) is 0.872. The molecule has 0 spiro atoms. The van der Waals surface area contributed by atoms with E-state index in [0.717, 1.165) is 38.5 Å². The minimum atomic E-state index is 0.319. The molecule has 5 heteroatoms. The van der Waals surface area contributed by atoms with E-state index in [4.69, 9.17) is 4.74 Å². The van der Waals surface area contributed by atoms with Gasteiger partial charge in [0.05, 0.1) is 19.3 Å². The smallest absolute Gasteiger partial charge is 0.107 e. The van der Waals surface area contributed by atoms with Gasteiger partial charge in [-0.2, -0.15) is 0 Å². The Balaban J connectivity index is 1.77. The average Bonchev–Trinajstić information content (AvgIpc) is 2.65. The molecule has 1 atom stereocenters. The van der Waals surface area contributed by atoms with Crippen molar-refractivity contribution in [2.75, 3.05) is 33.3 Å². The molecule has 1 N–H and O–H groups in total. The zero-order valence-electron chi connectivity index (χ0n) is 9.90. The SMILES string of the molecule is Cc1csc(CN(C)CC2CNCCO2)n1. The Morgan fingerprint density at radius 3 is 3.19 bits per heavy atom. The lowest BCUT2D eigenvalue weighted by Crippen LogP contribution is -2.44. The molecule has 1 saturated heterocycles. The summed E-state index contributed by atoms with van der Waals surface area (Å²) in [5.41, 5.74) is 1.11. The number of hydrogen-bond donors (Lipinski definition) is 1. The van der Waals surface area contributed by atoms with Gasteiger partial charge in [0.2, 0.25) is 0 Å². The summed E-state index contributed by atoms with van der Waals surface area (Å²) in [7, 11) is 2.12. The molecule has 1 aromatic rings. The minimum Gasteiger partial charge on any atom is -0.374 e. The highest BCUT2D eigenvalue weighted by Gasteiger charge is 2.15. The summed E-state index contributed by atoms with van der Waals surface area (Å²) in [5.74, 6) is 0. The van der Waals surface area contributed by atoms with E-state index in [-0.39, 0.29) is 0 Å². The second kappa shape index (κ2) is 5.72. The number of rotatable bonds is 4. The second-order valence-electron chi connectivity index (χ2n) is 4.28. The molecule has 90 valence electrons. The van der Waals surface area contributed by atoms with Crippen LogP contribution < -0.4 is 5.32 Å². The summed E-state index contributed by atoms with van der Waals surface area (Å²) in [6.07, 6.45) is 0.319. The first kappa shape index (κ1) is 12.0. The Morgan fingerprint density at radius 2 is 2.56 bits per heavy atom. The van der Waals surface area contributed by atoms with E-state index in [0.29, 0.717) is 6.10 Å². The van der Waals surface area contributed by atoms with E-state index >= 15 is 0 Å². The van der Waals surface area contributed by atoms with Crippen LogP contribution >= 0.6 is 11.3 Å². The first-order valence-corrected chi connectivity index (χ1v) is 6.54. The summed E-state index contributed by atoms with van der Waals surface area (Å²) in [6, 6.07) is 0. The van der Waals surface area contributed by atoms with Crippen LogP contribution in [-0.4, -0.2) is 49.3 Å². The van der Waals surface area contributed by atoms with Crippen molar-refractivity contribution in [3.8, 4) is 0 Å². The van der Waals surface area contributed by atoms with Crippen molar-refractivity contribution in [2.45, 2.75) is 19.6 Å². The van der Waals surface area contributed by atoms with Gasteiger partial charge in [0.15, 0.2) is 0 Å². The monoisotopic (exact) mass is 241 g/mol. The quantitative estimate of drug-likeness (QED) is 0.849. The van der Waals surface area contributed by atoms with E-state index in [1.807, 2.05) is 6.92 Å². The lowest BCUT2D eigenvalue weighted by atomic mass is 10.3. The number of nitrogens with one attached hydrogen (secondary N) is 1. The molecule has 0 amide bonds. The molecule has 0 radical (unpaired) electrons. The van der Waals surface area contributed by atoms with Crippen molar-refractivity contribution in [3.05, 3.63) is 16.1 Å². The number of likely N-dealkylation sites (N-methyl/N-ethyl adjacent to an activating group) is 1. The highest BCUT2D eigenvalue weighted by atomic mass is 32.1. The van der Waals surface area contributed by atoms with Crippen LogP contribution in [0.3, 0.4) is 0 Å². The highest BCUT2D eigenvalue weighted by Crippen LogP contribution is 2.11. The first-order valence-electron chi connectivity index (χ1n) is 5.66. The van der Waals surface area contributed by atoms with Crippen molar-refractivity contribution in [2.24, 2.45) is 0 Å². The minimum absolute atomic E-state index is 0.319. The third-order valence-electron chi connectivity index (χ3n) is 2.59. The highest BCUT2D eigenvalue weighted by molar-refractivity contribution is 7.09. The number of nitrogens with zero attached hydrogens (tertiary/aromatic N) is 2. The van der Waals surface area contributed by atoms with Crippen molar-refractivity contribution < 1.29 is 4.74 Å². The van der Waals surface area contributed by atoms with Crippen LogP contribution in [0.25, 0.3) is 0 Å². The van der Waals surface area contributed by atoms with Crippen LogP contribution in [0, 0.1) is 6.92 Å². The fourth-order valence-corrected chi connectivity index (χ4v) is 2.71. The summed E-state index contributed by atoms with van der Waals surface area (Å²) in [5, 5.41) is 6.63. The van der Waals surface area contributed by atoms with Gasteiger partial charge in [-0.1, -0.05) is 0 Å².